The summed E-state index contributed by atoms with van der Waals surface area (Å²) in [6.45, 7) is 3.64. The molecule has 25 heavy (non-hydrogen) atoms. The Kier molecular flexibility index (Phi) is 4.86. The highest BCUT2D eigenvalue weighted by Gasteiger charge is 2.31. The van der Waals surface area contributed by atoms with Crippen molar-refractivity contribution in [3.05, 3.63) is 65.2 Å². The number of nitrogens with one attached hydrogen (secondary N) is 2. The molecular formula is C20H22N2O3. The molecule has 0 fully saturated rings. The Hall–Kier alpha value is -2.66. The van der Waals surface area contributed by atoms with E-state index in [0.29, 0.717) is 17.7 Å². The zero-order valence-electron chi connectivity index (χ0n) is 14.3. The van der Waals surface area contributed by atoms with Crippen LogP contribution in [0.1, 0.15) is 41.4 Å². The molecule has 0 saturated heterocycles. The number of hydrogen-bond acceptors (Lipinski definition) is 3. The highest BCUT2D eigenvalue weighted by Crippen LogP contribution is 2.31. The van der Waals surface area contributed by atoms with Crippen molar-refractivity contribution in [2.24, 2.45) is 5.92 Å². The molecule has 3 rings (SSSR count). The first-order valence-electron chi connectivity index (χ1n) is 8.43. The Morgan fingerprint density at radius 3 is 2.44 bits per heavy atom. The van der Waals surface area contributed by atoms with Gasteiger partial charge in [0.2, 0.25) is 5.91 Å². The van der Waals surface area contributed by atoms with Crippen LogP contribution >= 0.6 is 0 Å². The van der Waals surface area contributed by atoms with Gasteiger partial charge in [-0.1, -0.05) is 38.1 Å². The van der Waals surface area contributed by atoms with Gasteiger partial charge < -0.3 is 15.7 Å². The summed E-state index contributed by atoms with van der Waals surface area (Å²) in [7, 11) is 0. The van der Waals surface area contributed by atoms with Crippen LogP contribution in [0.3, 0.4) is 0 Å². The van der Waals surface area contributed by atoms with E-state index >= 15 is 0 Å². The normalized spacial score (nSPS) is 18.7. The molecule has 5 nitrogen and oxygen atoms in total. The molecule has 130 valence electrons. The molecule has 2 aromatic carbocycles. The first kappa shape index (κ1) is 17.2. The number of amides is 2. The van der Waals surface area contributed by atoms with Gasteiger partial charge in [0.05, 0.1) is 12.1 Å². The summed E-state index contributed by atoms with van der Waals surface area (Å²) >= 11 is 0. The smallest absolute Gasteiger partial charge is 0.251 e. The van der Waals surface area contributed by atoms with Crippen LogP contribution in [-0.2, 0) is 11.2 Å². The van der Waals surface area contributed by atoms with Gasteiger partial charge in [0, 0.05) is 23.6 Å². The van der Waals surface area contributed by atoms with Crippen molar-refractivity contribution in [3.63, 3.8) is 0 Å². The second-order valence-electron chi connectivity index (χ2n) is 6.64. The number of carbonyl (C=O) groups is 2. The Morgan fingerprint density at radius 2 is 1.76 bits per heavy atom. The summed E-state index contributed by atoms with van der Waals surface area (Å²) in [4.78, 5) is 24.2. The van der Waals surface area contributed by atoms with E-state index in [-0.39, 0.29) is 17.7 Å². The van der Waals surface area contributed by atoms with Crippen LogP contribution in [0.4, 0.5) is 5.69 Å². The number of rotatable bonds is 4. The molecule has 0 saturated carbocycles. The van der Waals surface area contributed by atoms with Gasteiger partial charge in [-0.15, -0.1) is 0 Å². The number of aliphatic hydroxyl groups is 1. The molecule has 1 aliphatic rings. The van der Waals surface area contributed by atoms with Crippen molar-refractivity contribution in [3.8, 4) is 0 Å². The molecule has 0 bridgehead atoms. The minimum atomic E-state index is -0.619. The maximum Gasteiger partial charge on any atom is 0.251 e. The maximum absolute atomic E-state index is 12.5. The third kappa shape index (κ3) is 3.72. The van der Waals surface area contributed by atoms with Crippen LogP contribution in [-0.4, -0.2) is 23.0 Å². The van der Waals surface area contributed by atoms with Gasteiger partial charge in [-0.25, -0.2) is 0 Å². The van der Waals surface area contributed by atoms with Crippen molar-refractivity contribution in [2.75, 3.05) is 5.32 Å². The van der Waals surface area contributed by atoms with Crippen molar-refractivity contribution in [1.29, 1.82) is 0 Å². The van der Waals surface area contributed by atoms with Crippen LogP contribution in [0.5, 0.6) is 0 Å². The summed E-state index contributed by atoms with van der Waals surface area (Å²) in [5, 5.41) is 15.9. The lowest BCUT2D eigenvalue weighted by Crippen LogP contribution is -2.33. The predicted molar refractivity (Wildman–Crippen MR) is 96.3 cm³/mol. The molecule has 0 heterocycles. The minimum absolute atomic E-state index is 0.0668. The number of anilines is 1. The average Bonchev–Trinajstić information content (AvgIpc) is 2.91. The lowest BCUT2D eigenvalue weighted by atomic mass is 10.1. The molecular weight excluding hydrogens is 316 g/mol. The van der Waals surface area contributed by atoms with Crippen LogP contribution in [0, 0.1) is 5.92 Å². The van der Waals surface area contributed by atoms with Crippen molar-refractivity contribution < 1.29 is 14.7 Å². The van der Waals surface area contributed by atoms with Gasteiger partial charge in [0.15, 0.2) is 0 Å². The van der Waals surface area contributed by atoms with Gasteiger partial charge >= 0.3 is 0 Å². The Balaban J connectivity index is 1.69. The van der Waals surface area contributed by atoms with E-state index in [2.05, 4.69) is 10.6 Å². The number of benzene rings is 2. The Morgan fingerprint density at radius 1 is 1.08 bits per heavy atom. The highest BCUT2D eigenvalue weighted by molar-refractivity contribution is 5.96. The van der Waals surface area contributed by atoms with Crippen molar-refractivity contribution in [2.45, 2.75) is 32.4 Å². The van der Waals surface area contributed by atoms with Gasteiger partial charge in [0.1, 0.15) is 0 Å². The van der Waals surface area contributed by atoms with E-state index in [9.17, 15) is 14.7 Å². The van der Waals surface area contributed by atoms with Gasteiger partial charge in [0.25, 0.3) is 5.91 Å². The van der Waals surface area contributed by atoms with E-state index in [0.717, 1.165) is 11.1 Å². The number of aliphatic hydroxyl groups excluding tert-OH is 1. The maximum atomic E-state index is 12.5. The monoisotopic (exact) mass is 338 g/mol. The van der Waals surface area contributed by atoms with Crippen LogP contribution in [0.25, 0.3) is 0 Å². The lowest BCUT2D eigenvalue weighted by Gasteiger charge is -2.18. The summed E-state index contributed by atoms with van der Waals surface area (Å²) in [5.74, 6) is -0.419. The quantitative estimate of drug-likeness (QED) is 0.802. The van der Waals surface area contributed by atoms with Crippen LogP contribution < -0.4 is 10.6 Å². The summed E-state index contributed by atoms with van der Waals surface area (Å²) < 4.78 is 0. The van der Waals surface area contributed by atoms with E-state index in [1.165, 1.54) is 0 Å². The van der Waals surface area contributed by atoms with Crippen molar-refractivity contribution >= 4 is 17.5 Å². The lowest BCUT2D eigenvalue weighted by molar-refractivity contribution is -0.118. The van der Waals surface area contributed by atoms with Crippen molar-refractivity contribution in [1.82, 2.24) is 5.32 Å². The first-order chi connectivity index (χ1) is 12.0. The Bertz CT molecular complexity index is 784. The largest absolute Gasteiger partial charge is 0.390 e. The molecule has 2 aromatic rings. The Labute approximate surface area is 147 Å². The number of fused-ring (bicyclic) bond motifs is 1. The van der Waals surface area contributed by atoms with E-state index < -0.39 is 12.1 Å². The molecule has 0 aromatic heterocycles. The molecule has 0 radical (unpaired) electrons. The molecule has 3 N–H and O–H groups in total. The summed E-state index contributed by atoms with van der Waals surface area (Å²) in [5.41, 5.74) is 3.16. The van der Waals surface area contributed by atoms with E-state index in [4.69, 9.17) is 0 Å². The SMILES string of the molecule is CC(C)C(=O)Nc1ccc(C(=O)NC2c3ccccc3CC2O)cc1. The second kappa shape index (κ2) is 7.07. The van der Waals surface area contributed by atoms with E-state index in [1.54, 1.807) is 24.3 Å². The molecule has 0 aliphatic heterocycles. The molecule has 0 spiro atoms. The highest BCUT2D eigenvalue weighted by atomic mass is 16.3. The van der Waals surface area contributed by atoms with E-state index in [1.807, 2.05) is 38.1 Å². The topological polar surface area (TPSA) is 78.4 Å². The molecule has 2 unspecified atom stereocenters. The second-order valence-corrected chi connectivity index (χ2v) is 6.64. The zero-order valence-corrected chi connectivity index (χ0v) is 14.3. The molecule has 2 amide bonds. The minimum Gasteiger partial charge on any atom is -0.390 e. The predicted octanol–water partition coefficient (Wildman–Crippen LogP) is 2.67. The molecule has 5 heteroatoms. The average molecular weight is 338 g/mol. The summed E-state index contributed by atoms with van der Waals surface area (Å²) in [6.07, 6.45) is -0.0765. The standard InChI is InChI=1S/C20H22N2O3/c1-12(2)19(24)21-15-9-7-13(8-10-15)20(25)22-18-16-6-4-3-5-14(16)11-17(18)23/h3-10,12,17-18,23H,11H2,1-2H3,(H,21,24)(H,22,25). The van der Waals surface area contributed by atoms with Crippen LogP contribution in [0.15, 0.2) is 48.5 Å². The van der Waals surface area contributed by atoms with Gasteiger partial charge in [-0.2, -0.15) is 0 Å². The first-order valence-corrected chi connectivity index (χ1v) is 8.43. The van der Waals surface area contributed by atoms with Crippen LogP contribution in [0.2, 0.25) is 0 Å². The fraction of sp³-hybridized carbons (Fsp3) is 0.300. The zero-order chi connectivity index (χ0) is 18.0. The summed E-state index contributed by atoms with van der Waals surface area (Å²) in [6, 6.07) is 14.1. The third-order valence-corrected chi connectivity index (χ3v) is 4.43. The molecule has 2 atom stereocenters. The third-order valence-electron chi connectivity index (χ3n) is 4.43. The van der Waals surface area contributed by atoms with Gasteiger partial charge in [-0.3, -0.25) is 9.59 Å². The number of hydrogen-bond donors (Lipinski definition) is 3. The molecule has 1 aliphatic carbocycles. The number of carbonyl (C=O) groups excluding carboxylic acids is 2. The van der Waals surface area contributed by atoms with Gasteiger partial charge in [-0.05, 0) is 35.4 Å². The fourth-order valence-electron chi connectivity index (χ4n) is 2.96. The fourth-order valence-corrected chi connectivity index (χ4v) is 2.96.